The molecule has 17 heavy (non-hydrogen) atoms. The second kappa shape index (κ2) is 5.45. The Labute approximate surface area is 101 Å². The van der Waals surface area contributed by atoms with E-state index >= 15 is 0 Å². The zero-order valence-corrected chi connectivity index (χ0v) is 9.52. The molecule has 5 heteroatoms. The normalized spacial score (nSPS) is 11.8. The van der Waals surface area contributed by atoms with Crippen LogP contribution in [0.15, 0.2) is 54.6 Å². The van der Waals surface area contributed by atoms with Crippen molar-refractivity contribution >= 4 is 11.4 Å². The third kappa shape index (κ3) is 3.57. The van der Waals surface area contributed by atoms with Crippen molar-refractivity contribution in [2.24, 2.45) is 0 Å². The molecule has 0 bridgehead atoms. The van der Waals surface area contributed by atoms with Gasteiger partial charge in [0.2, 0.25) is 0 Å². The summed E-state index contributed by atoms with van der Waals surface area (Å²) in [6, 6.07) is 14.0. The van der Waals surface area contributed by atoms with Crippen molar-refractivity contribution in [1.82, 2.24) is 0 Å². The molecule has 2 rings (SSSR count). The first kappa shape index (κ1) is 11.6. The molecule has 2 aromatic carbocycles. The van der Waals surface area contributed by atoms with Crippen LogP contribution in [0.1, 0.15) is 0 Å². The molecule has 0 aliphatic rings. The molecule has 2 aromatic rings. The van der Waals surface area contributed by atoms with Crippen molar-refractivity contribution in [1.29, 1.82) is 0 Å². The van der Waals surface area contributed by atoms with Gasteiger partial charge in [-0.3, -0.25) is 0 Å². The summed E-state index contributed by atoms with van der Waals surface area (Å²) in [5, 5.41) is 0. The summed E-state index contributed by atoms with van der Waals surface area (Å²) < 4.78 is 34.2. The summed E-state index contributed by atoms with van der Waals surface area (Å²) in [7, 11) is 0. The predicted octanol–water partition coefficient (Wildman–Crippen LogP) is 2.86. The molecule has 1 atom stereocenters. The maximum atomic E-state index is 12.8. The second-order valence-electron chi connectivity index (χ2n) is 3.14. The van der Waals surface area contributed by atoms with E-state index in [0.717, 1.165) is 6.07 Å². The number of para-hydroxylation sites is 1. The highest BCUT2D eigenvalue weighted by molar-refractivity contribution is 7.75. The average Bonchev–Trinajstić information content (AvgIpc) is 2.30. The summed E-state index contributed by atoms with van der Waals surface area (Å²) in [4.78, 5) is 0. The molecule has 0 N–H and O–H groups in total. The molecular weight excluding hydrogens is 243 g/mol. The monoisotopic (exact) mass is 252 g/mol. The Hall–Kier alpha value is -1.88. The van der Waals surface area contributed by atoms with Crippen molar-refractivity contribution in [2.75, 3.05) is 0 Å². The molecule has 0 aromatic heterocycles. The van der Waals surface area contributed by atoms with Crippen LogP contribution < -0.4 is 8.37 Å². The van der Waals surface area contributed by atoms with Gasteiger partial charge in [0.1, 0.15) is 17.3 Å². The van der Waals surface area contributed by atoms with Crippen LogP contribution in [0.25, 0.3) is 0 Å². The third-order valence-corrected chi connectivity index (χ3v) is 2.52. The van der Waals surface area contributed by atoms with Gasteiger partial charge >= 0.3 is 11.4 Å². The molecule has 0 aliphatic carbocycles. The van der Waals surface area contributed by atoms with Crippen molar-refractivity contribution in [3.63, 3.8) is 0 Å². The van der Waals surface area contributed by atoms with Crippen LogP contribution in [0.2, 0.25) is 0 Å². The lowest BCUT2D eigenvalue weighted by Gasteiger charge is -2.05. The van der Waals surface area contributed by atoms with E-state index in [1.54, 1.807) is 24.3 Å². The van der Waals surface area contributed by atoms with Crippen LogP contribution in [0, 0.1) is 5.82 Å². The molecule has 0 spiro atoms. The number of halogens is 1. The van der Waals surface area contributed by atoms with E-state index in [1.807, 2.05) is 6.07 Å². The number of benzene rings is 2. The van der Waals surface area contributed by atoms with Gasteiger partial charge in [-0.25, -0.2) is 4.39 Å². The third-order valence-electron chi connectivity index (χ3n) is 1.87. The standard InChI is InChI=1S/C12H9FO3S/c13-10-5-4-8-12(9-10)16-17(14)15-11-6-2-1-3-7-11/h1-9H. The number of rotatable bonds is 4. The molecule has 0 saturated carbocycles. The maximum absolute atomic E-state index is 12.8. The fourth-order valence-corrected chi connectivity index (χ4v) is 1.73. The number of hydrogen-bond donors (Lipinski definition) is 0. The topological polar surface area (TPSA) is 35.5 Å². The summed E-state index contributed by atoms with van der Waals surface area (Å²) in [6.45, 7) is 0. The Morgan fingerprint density at radius 1 is 0.882 bits per heavy atom. The van der Waals surface area contributed by atoms with Gasteiger partial charge in [0, 0.05) is 6.07 Å². The summed E-state index contributed by atoms with van der Waals surface area (Å²) in [5.74, 6) is 0.112. The van der Waals surface area contributed by atoms with Crippen LogP contribution in [-0.2, 0) is 11.4 Å². The van der Waals surface area contributed by atoms with E-state index in [-0.39, 0.29) is 5.75 Å². The summed E-state index contributed by atoms with van der Waals surface area (Å²) in [5.41, 5.74) is 0. The van der Waals surface area contributed by atoms with Gasteiger partial charge in [-0.15, -0.1) is 0 Å². The smallest absolute Gasteiger partial charge is 0.371 e. The van der Waals surface area contributed by atoms with Crippen molar-refractivity contribution in [2.45, 2.75) is 0 Å². The fourth-order valence-electron chi connectivity index (χ4n) is 1.17. The van der Waals surface area contributed by atoms with Crippen molar-refractivity contribution in [3.8, 4) is 11.5 Å². The van der Waals surface area contributed by atoms with Gasteiger partial charge in [0.15, 0.2) is 0 Å². The van der Waals surface area contributed by atoms with Crippen molar-refractivity contribution in [3.05, 3.63) is 60.4 Å². The highest BCUT2D eigenvalue weighted by Crippen LogP contribution is 2.15. The Kier molecular flexibility index (Phi) is 3.72. The Balaban J connectivity index is 1.98. The minimum atomic E-state index is -2.00. The van der Waals surface area contributed by atoms with Gasteiger partial charge in [-0.2, -0.15) is 4.21 Å². The molecule has 0 saturated heterocycles. The molecular formula is C12H9FO3S. The SMILES string of the molecule is O=S(Oc1ccccc1)Oc1cccc(F)c1. The average molecular weight is 252 g/mol. The molecule has 3 nitrogen and oxygen atoms in total. The largest absolute Gasteiger partial charge is 0.417 e. The van der Waals surface area contributed by atoms with E-state index in [9.17, 15) is 8.60 Å². The summed E-state index contributed by atoms with van der Waals surface area (Å²) >= 11 is -2.00. The van der Waals surface area contributed by atoms with Gasteiger partial charge in [0.25, 0.3) is 0 Å². The van der Waals surface area contributed by atoms with Gasteiger partial charge in [-0.05, 0) is 24.3 Å². The molecule has 88 valence electrons. The fraction of sp³-hybridized carbons (Fsp3) is 0. The van der Waals surface area contributed by atoms with E-state index in [4.69, 9.17) is 8.37 Å². The lowest BCUT2D eigenvalue weighted by atomic mass is 10.3. The van der Waals surface area contributed by atoms with E-state index < -0.39 is 17.2 Å². The van der Waals surface area contributed by atoms with E-state index in [0.29, 0.717) is 5.75 Å². The van der Waals surface area contributed by atoms with Crippen LogP contribution >= 0.6 is 0 Å². The molecule has 0 amide bonds. The zero-order chi connectivity index (χ0) is 12.1. The van der Waals surface area contributed by atoms with Crippen molar-refractivity contribution < 1.29 is 17.0 Å². The lowest BCUT2D eigenvalue weighted by molar-refractivity contribution is 0.460. The Bertz CT molecular complexity index is 516. The zero-order valence-electron chi connectivity index (χ0n) is 8.71. The molecule has 0 heterocycles. The maximum Gasteiger partial charge on any atom is 0.417 e. The van der Waals surface area contributed by atoms with Crippen LogP contribution in [0.5, 0.6) is 11.5 Å². The van der Waals surface area contributed by atoms with Crippen LogP contribution in [0.3, 0.4) is 0 Å². The van der Waals surface area contributed by atoms with Gasteiger partial charge in [0.05, 0.1) is 0 Å². The Morgan fingerprint density at radius 2 is 1.53 bits per heavy atom. The minimum Gasteiger partial charge on any atom is -0.371 e. The predicted molar refractivity (Wildman–Crippen MR) is 62.2 cm³/mol. The van der Waals surface area contributed by atoms with E-state index in [1.165, 1.54) is 18.2 Å². The first-order chi connectivity index (χ1) is 8.24. The molecule has 0 aliphatic heterocycles. The van der Waals surface area contributed by atoms with Gasteiger partial charge < -0.3 is 8.37 Å². The van der Waals surface area contributed by atoms with Crippen LogP contribution in [-0.4, -0.2) is 4.21 Å². The first-order valence-corrected chi connectivity index (χ1v) is 5.83. The summed E-state index contributed by atoms with van der Waals surface area (Å²) in [6.07, 6.45) is 0. The number of hydrogen-bond acceptors (Lipinski definition) is 3. The van der Waals surface area contributed by atoms with Gasteiger partial charge in [-0.1, -0.05) is 24.3 Å². The lowest BCUT2D eigenvalue weighted by Crippen LogP contribution is -2.07. The quantitative estimate of drug-likeness (QED) is 0.839. The molecule has 0 fully saturated rings. The second-order valence-corrected chi connectivity index (χ2v) is 3.88. The van der Waals surface area contributed by atoms with E-state index in [2.05, 4.69) is 0 Å². The first-order valence-electron chi connectivity index (χ1n) is 4.83. The van der Waals surface area contributed by atoms with Crippen LogP contribution in [0.4, 0.5) is 4.39 Å². The highest BCUT2D eigenvalue weighted by Gasteiger charge is 2.05. The molecule has 0 radical (unpaired) electrons. The molecule has 1 unspecified atom stereocenters. The highest BCUT2D eigenvalue weighted by atomic mass is 32.2. The Morgan fingerprint density at radius 3 is 2.24 bits per heavy atom. The minimum absolute atomic E-state index is 0.152.